The van der Waals surface area contributed by atoms with Gasteiger partial charge < -0.3 is 10.2 Å². The van der Waals surface area contributed by atoms with E-state index < -0.39 is 11.9 Å². The largest absolute Gasteiger partial charge is 0.341 e. The number of amides is 2. The van der Waals surface area contributed by atoms with Crippen molar-refractivity contribution < 1.29 is 9.59 Å². The summed E-state index contributed by atoms with van der Waals surface area (Å²) in [6.45, 7) is 3.29. The highest BCUT2D eigenvalue weighted by atomic mass is 16.2. The summed E-state index contributed by atoms with van der Waals surface area (Å²) in [4.78, 5) is 23.9. The maximum Gasteiger partial charge on any atom is 0.296 e. The van der Waals surface area contributed by atoms with Gasteiger partial charge in [0.05, 0.1) is 0 Å². The number of nitrogens with one attached hydrogen (secondary N) is 1. The molecule has 1 heterocycles. The normalized spacial score (nSPS) is 21.4. The summed E-state index contributed by atoms with van der Waals surface area (Å²) in [5.74, 6) is 1.37. The fourth-order valence-corrected chi connectivity index (χ4v) is 1.39. The van der Waals surface area contributed by atoms with E-state index >= 15 is 0 Å². The first-order chi connectivity index (χ1) is 6.19. The molecule has 1 rings (SSSR count). The predicted octanol–water partition coefficient (Wildman–Crippen LogP) is -0.643. The SMILES string of the molecule is C#CC(=O)NC1CCN(CC)C1=O. The quantitative estimate of drug-likeness (QED) is 0.574. The van der Waals surface area contributed by atoms with Crippen molar-refractivity contribution in [2.75, 3.05) is 13.1 Å². The maximum absolute atomic E-state index is 11.4. The average molecular weight is 180 g/mol. The first-order valence-corrected chi connectivity index (χ1v) is 4.25. The molecule has 0 spiro atoms. The second-order valence-corrected chi connectivity index (χ2v) is 2.88. The Morgan fingerprint density at radius 3 is 3.00 bits per heavy atom. The zero-order valence-corrected chi connectivity index (χ0v) is 7.54. The molecule has 0 bridgehead atoms. The average Bonchev–Trinajstić information content (AvgIpc) is 2.48. The summed E-state index contributed by atoms with van der Waals surface area (Å²) < 4.78 is 0. The monoisotopic (exact) mass is 180 g/mol. The standard InChI is InChI=1S/C9H12N2O2/c1-3-8(12)10-7-5-6-11(4-2)9(7)13/h1,7H,4-6H2,2H3,(H,10,12). The van der Waals surface area contributed by atoms with Gasteiger partial charge in [-0.1, -0.05) is 0 Å². The van der Waals surface area contributed by atoms with Crippen LogP contribution in [-0.4, -0.2) is 35.8 Å². The van der Waals surface area contributed by atoms with Crippen LogP contribution in [0.4, 0.5) is 0 Å². The minimum atomic E-state index is -0.517. The van der Waals surface area contributed by atoms with Crippen molar-refractivity contribution in [2.45, 2.75) is 19.4 Å². The van der Waals surface area contributed by atoms with E-state index in [1.54, 1.807) is 4.90 Å². The zero-order valence-electron chi connectivity index (χ0n) is 7.54. The number of carbonyl (C=O) groups is 2. The number of rotatable bonds is 2. The molecule has 70 valence electrons. The predicted molar refractivity (Wildman–Crippen MR) is 47.6 cm³/mol. The maximum atomic E-state index is 11.4. The van der Waals surface area contributed by atoms with Crippen LogP contribution in [0.25, 0.3) is 0 Å². The van der Waals surface area contributed by atoms with Gasteiger partial charge in [0.2, 0.25) is 5.91 Å². The molecule has 0 saturated carbocycles. The van der Waals surface area contributed by atoms with E-state index in [2.05, 4.69) is 5.32 Å². The number of hydrogen-bond donors (Lipinski definition) is 1. The molecule has 2 amide bonds. The Bertz CT molecular complexity index is 267. The molecular formula is C9H12N2O2. The lowest BCUT2D eigenvalue weighted by Gasteiger charge is -2.13. The van der Waals surface area contributed by atoms with Crippen LogP contribution in [0.15, 0.2) is 0 Å². The Balaban J connectivity index is 2.51. The van der Waals surface area contributed by atoms with Crippen molar-refractivity contribution >= 4 is 11.8 Å². The van der Waals surface area contributed by atoms with Crippen LogP contribution in [0.5, 0.6) is 0 Å². The van der Waals surface area contributed by atoms with E-state index in [4.69, 9.17) is 6.42 Å². The molecule has 1 unspecified atom stereocenters. The number of hydrogen-bond acceptors (Lipinski definition) is 2. The van der Waals surface area contributed by atoms with Crippen LogP contribution >= 0.6 is 0 Å². The van der Waals surface area contributed by atoms with Crippen molar-refractivity contribution in [3.8, 4) is 12.3 Å². The topological polar surface area (TPSA) is 49.4 Å². The van der Waals surface area contributed by atoms with Gasteiger partial charge in [-0.25, -0.2) is 0 Å². The van der Waals surface area contributed by atoms with Crippen LogP contribution in [0, 0.1) is 12.3 Å². The molecule has 1 aliphatic rings. The molecule has 1 fully saturated rings. The molecule has 1 atom stereocenters. The molecule has 0 aromatic carbocycles. The third kappa shape index (κ3) is 2.00. The Morgan fingerprint density at radius 2 is 2.54 bits per heavy atom. The summed E-state index contributed by atoms with van der Waals surface area (Å²) in [7, 11) is 0. The third-order valence-electron chi connectivity index (χ3n) is 2.12. The molecule has 0 aromatic rings. The van der Waals surface area contributed by atoms with Crippen LogP contribution < -0.4 is 5.32 Å². The fraction of sp³-hybridized carbons (Fsp3) is 0.556. The summed E-state index contributed by atoms with van der Waals surface area (Å²) >= 11 is 0. The minimum Gasteiger partial charge on any atom is -0.341 e. The van der Waals surface area contributed by atoms with Crippen molar-refractivity contribution in [1.82, 2.24) is 10.2 Å². The zero-order chi connectivity index (χ0) is 9.84. The number of nitrogens with zero attached hydrogens (tertiary/aromatic N) is 1. The Labute approximate surface area is 77.3 Å². The molecule has 0 aliphatic carbocycles. The Kier molecular flexibility index (Phi) is 2.91. The first kappa shape index (κ1) is 9.59. The molecule has 1 N–H and O–H groups in total. The van der Waals surface area contributed by atoms with Gasteiger partial charge in [-0.15, -0.1) is 6.42 Å². The summed E-state index contributed by atoms with van der Waals surface area (Å²) in [6, 6.07) is -0.413. The fourth-order valence-electron chi connectivity index (χ4n) is 1.39. The molecule has 0 aromatic heterocycles. The molecule has 0 radical (unpaired) electrons. The van der Waals surface area contributed by atoms with Gasteiger partial charge in [0.25, 0.3) is 5.91 Å². The van der Waals surface area contributed by atoms with E-state index in [0.29, 0.717) is 19.5 Å². The number of likely N-dealkylation sites (tertiary alicyclic amines) is 1. The Morgan fingerprint density at radius 1 is 1.85 bits per heavy atom. The Hall–Kier alpha value is -1.50. The third-order valence-corrected chi connectivity index (χ3v) is 2.12. The number of terminal acetylenes is 1. The van der Waals surface area contributed by atoms with Crippen molar-refractivity contribution in [1.29, 1.82) is 0 Å². The van der Waals surface area contributed by atoms with Gasteiger partial charge in [-0.2, -0.15) is 0 Å². The van der Waals surface area contributed by atoms with Crippen LogP contribution in [0.2, 0.25) is 0 Å². The van der Waals surface area contributed by atoms with Gasteiger partial charge >= 0.3 is 0 Å². The summed E-state index contributed by atoms with van der Waals surface area (Å²) in [5.41, 5.74) is 0. The van der Waals surface area contributed by atoms with Crippen LogP contribution in [-0.2, 0) is 9.59 Å². The highest BCUT2D eigenvalue weighted by Gasteiger charge is 2.30. The number of likely N-dealkylation sites (N-methyl/N-ethyl adjacent to an activating group) is 1. The van der Waals surface area contributed by atoms with Gasteiger partial charge in [-0.05, 0) is 19.3 Å². The molecule has 1 aliphatic heterocycles. The van der Waals surface area contributed by atoms with Crippen molar-refractivity contribution in [2.24, 2.45) is 0 Å². The smallest absolute Gasteiger partial charge is 0.296 e. The molecule has 4 nitrogen and oxygen atoms in total. The van der Waals surface area contributed by atoms with Crippen LogP contribution in [0.1, 0.15) is 13.3 Å². The lowest BCUT2D eigenvalue weighted by atomic mass is 10.2. The number of carbonyl (C=O) groups excluding carboxylic acids is 2. The summed E-state index contributed by atoms with van der Waals surface area (Å²) in [5, 5.41) is 2.48. The van der Waals surface area contributed by atoms with E-state index in [9.17, 15) is 9.59 Å². The highest BCUT2D eigenvalue weighted by Crippen LogP contribution is 2.09. The van der Waals surface area contributed by atoms with Gasteiger partial charge in [0.1, 0.15) is 6.04 Å². The van der Waals surface area contributed by atoms with Gasteiger partial charge in [0, 0.05) is 13.1 Å². The van der Waals surface area contributed by atoms with Crippen molar-refractivity contribution in [3.63, 3.8) is 0 Å². The van der Waals surface area contributed by atoms with Crippen molar-refractivity contribution in [3.05, 3.63) is 0 Å². The van der Waals surface area contributed by atoms with E-state index in [-0.39, 0.29) is 5.91 Å². The molecular weight excluding hydrogens is 168 g/mol. The van der Waals surface area contributed by atoms with E-state index in [1.165, 1.54) is 0 Å². The van der Waals surface area contributed by atoms with Crippen LogP contribution in [0.3, 0.4) is 0 Å². The lowest BCUT2D eigenvalue weighted by Crippen LogP contribution is -2.40. The van der Waals surface area contributed by atoms with Gasteiger partial charge in [-0.3, -0.25) is 9.59 Å². The molecule has 13 heavy (non-hydrogen) atoms. The highest BCUT2D eigenvalue weighted by molar-refractivity contribution is 5.97. The van der Waals surface area contributed by atoms with Gasteiger partial charge in [0.15, 0.2) is 0 Å². The molecule has 4 heteroatoms. The second kappa shape index (κ2) is 3.94. The van der Waals surface area contributed by atoms with E-state index in [0.717, 1.165) is 0 Å². The minimum absolute atomic E-state index is 0.0360. The summed E-state index contributed by atoms with van der Waals surface area (Å²) in [6.07, 6.45) is 5.53. The second-order valence-electron chi connectivity index (χ2n) is 2.88. The molecule has 1 saturated heterocycles. The lowest BCUT2D eigenvalue weighted by molar-refractivity contribution is -0.131. The first-order valence-electron chi connectivity index (χ1n) is 4.25. The van der Waals surface area contributed by atoms with E-state index in [1.807, 2.05) is 12.8 Å².